The summed E-state index contributed by atoms with van der Waals surface area (Å²) in [5, 5.41) is 0. The van der Waals surface area contributed by atoms with Gasteiger partial charge in [0.1, 0.15) is 0 Å². The minimum Gasteiger partial charge on any atom is -0.312 e. The van der Waals surface area contributed by atoms with Crippen LogP contribution in [-0.4, -0.2) is 12.5 Å². The first-order chi connectivity index (χ1) is 10.1. The van der Waals surface area contributed by atoms with E-state index in [-0.39, 0.29) is 11.8 Å². The van der Waals surface area contributed by atoms with Crippen molar-refractivity contribution in [1.82, 2.24) is 0 Å². The van der Waals surface area contributed by atoms with Crippen molar-refractivity contribution in [1.29, 1.82) is 0 Å². The first-order valence-corrected chi connectivity index (χ1v) is 8.06. The van der Waals surface area contributed by atoms with Gasteiger partial charge in [-0.2, -0.15) is 0 Å². The lowest BCUT2D eigenvalue weighted by molar-refractivity contribution is -0.119. The van der Waals surface area contributed by atoms with Crippen molar-refractivity contribution in [2.45, 2.75) is 26.2 Å². The molecule has 2 aromatic rings. The molecule has 1 aliphatic heterocycles. The number of benzene rings is 2. The average molecular weight is 344 g/mol. The third-order valence-electron chi connectivity index (χ3n) is 4.10. The number of aryl methyl sites for hydroxylation is 1. The molecule has 3 heteroatoms. The van der Waals surface area contributed by atoms with Crippen molar-refractivity contribution in [2.75, 3.05) is 11.4 Å². The molecule has 2 nitrogen and oxygen atoms in total. The largest absolute Gasteiger partial charge is 0.312 e. The molecule has 21 heavy (non-hydrogen) atoms. The van der Waals surface area contributed by atoms with Crippen molar-refractivity contribution in [2.24, 2.45) is 0 Å². The molecule has 108 valence electrons. The summed E-state index contributed by atoms with van der Waals surface area (Å²) in [5.41, 5.74) is 4.65. The van der Waals surface area contributed by atoms with Gasteiger partial charge in [-0.1, -0.05) is 45.8 Å². The van der Waals surface area contributed by atoms with Gasteiger partial charge < -0.3 is 4.90 Å². The predicted octanol–water partition coefficient (Wildman–Crippen LogP) is 4.45. The molecule has 0 N–H and O–H groups in total. The molecule has 0 saturated heterocycles. The van der Waals surface area contributed by atoms with Gasteiger partial charge in [-0.15, -0.1) is 0 Å². The number of halogens is 1. The van der Waals surface area contributed by atoms with Crippen LogP contribution in [0, 0.1) is 6.92 Å². The van der Waals surface area contributed by atoms with E-state index >= 15 is 0 Å². The number of carbonyl (C=O) groups excluding carboxylic acids is 1. The van der Waals surface area contributed by atoms with E-state index < -0.39 is 0 Å². The van der Waals surface area contributed by atoms with Crippen LogP contribution in [0.4, 0.5) is 5.69 Å². The first kappa shape index (κ1) is 14.3. The fourth-order valence-electron chi connectivity index (χ4n) is 2.97. The summed E-state index contributed by atoms with van der Waals surface area (Å²) in [6.07, 6.45) is 0.763. The maximum Gasteiger partial charge on any atom is 0.234 e. The molecule has 0 fully saturated rings. The number of amides is 1. The Morgan fingerprint density at radius 2 is 1.86 bits per heavy atom. The summed E-state index contributed by atoms with van der Waals surface area (Å²) in [6.45, 7) is 4.82. The molecular weight excluding hydrogens is 326 g/mol. The van der Waals surface area contributed by atoms with Crippen LogP contribution in [0.3, 0.4) is 0 Å². The zero-order chi connectivity index (χ0) is 15.0. The number of anilines is 1. The Bertz CT molecular complexity index is 678. The predicted molar refractivity (Wildman–Crippen MR) is 89.8 cm³/mol. The van der Waals surface area contributed by atoms with E-state index in [2.05, 4.69) is 53.2 Å². The Kier molecular flexibility index (Phi) is 3.85. The van der Waals surface area contributed by atoms with E-state index in [0.29, 0.717) is 0 Å². The molecule has 1 atom stereocenters. The monoisotopic (exact) mass is 343 g/mol. The summed E-state index contributed by atoms with van der Waals surface area (Å²) >= 11 is 3.52. The first-order valence-electron chi connectivity index (χ1n) is 7.26. The van der Waals surface area contributed by atoms with Gasteiger partial charge in [-0.3, -0.25) is 4.79 Å². The van der Waals surface area contributed by atoms with E-state index in [1.165, 1.54) is 11.1 Å². The van der Waals surface area contributed by atoms with Gasteiger partial charge in [0.25, 0.3) is 0 Å². The van der Waals surface area contributed by atoms with Crippen molar-refractivity contribution in [3.63, 3.8) is 0 Å². The molecule has 1 amide bonds. The number of likely N-dealkylation sites (N-methyl/N-ethyl adjacent to an activating group) is 1. The highest BCUT2D eigenvalue weighted by Gasteiger charge is 2.36. The van der Waals surface area contributed by atoms with Crippen LogP contribution in [0.5, 0.6) is 0 Å². The van der Waals surface area contributed by atoms with Crippen LogP contribution in [-0.2, 0) is 11.2 Å². The van der Waals surface area contributed by atoms with Gasteiger partial charge in [0.15, 0.2) is 0 Å². The highest BCUT2D eigenvalue weighted by molar-refractivity contribution is 9.10. The van der Waals surface area contributed by atoms with Crippen LogP contribution < -0.4 is 4.90 Å². The highest BCUT2D eigenvalue weighted by Crippen LogP contribution is 2.40. The number of rotatable bonds is 3. The van der Waals surface area contributed by atoms with Gasteiger partial charge in [-0.05, 0) is 49.6 Å². The van der Waals surface area contributed by atoms with Crippen LogP contribution in [0.1, 0.15) is 29.5 Å². The van der Waals surface area contributed by atoms with Gasteiger partial charge in [-0.25, -0.2) is 0 Å². The number of nitrogens with zero attached hydrogens (tertiary/aromatic N) is 1. The van der Waals surface area contributed by atoms with Crippen molar-refractivity contribution in [3.8, 4) is 0 Å². The number of hydrogen-bond donors (Lipinski definition) is 0. The zero-order valence-corrected chi connectivity index (χ0v) is 13.9. The minimum absolute atomic E-state index is 0.0693. The number of fused-ring (bicyclic) bond motifs is 1. The average Bonchev–Trinajstić information content (AvgIpc) is 2.73. The lowest BCUT2D eigenvalue weighted by Crippen LogP contribution is -2.29. The SMILES string of the molecule is CCN1C(=O)C(Cc2ccc(C)cc2)c2cc(Br)ccc21. The Hall–Kier alpha value is -1.61. The van der Waals surface area contributed by atoms with Crippen LogP contribution in [0.2, 0.25) is 0 Å². The van der Waals surface area contributed by atoms with E-state index in [9.17, 15) is 4.79 Å². The quantitative estimate of drug-likeness (QED) is 0.806. The zero-order valence-electron chi connectivity index (χ0n) is 12.3. The summed E-state index contributed by atoms with van der Waals surface area (Å²) in [7, 11) is 0. The number of hydrogen-bond acceptors (Lipinski definition) is 1. The van der Waals surface area contributed by atoms with Crippen molar-refractivity contribution < 1.29 is 4.79 Å². The summed E-state index contributed by atoms with van der Waals surface area (Å²) in [5.74, 6) is 0.145. The van der Waals surface area contributed by atoms with Crippen LogP contribution in [0.15, 0.2) is 46.9 Å². The van der Waals surface area contributed by atoms with Gasteiger partial charge >= 0.3 is 0 Å². The molecule has 0 aliphatic carbocycles. The Labute approximate surface area is 133 Å². The lowest BCUT2D eigenvalue weighted by Gasteiger charge is -2.15. The Morgan fingerprint density at radius 1 is 1.14 bits per heavy atom. The van der Waals surface area contributed by atoms with Gasteiger partial charge in [0.2, 0.25) is 5.91 Å². The lowest BCUT2D eigenvalue weighted by atomic mass is 9.93. The topological polar surface area (TPSA) is 20.3 Å². The molecule has 0 spiro atoms. The third-order valence-corrected chi connectivity index (χ3v) is 4.59. The van der Waals surface area contributed by atoms with E-state index in [1.807, 2.05) is 24.0 Å². The van der Waals surface area contributed by atoms with E-state index in [1.54, 1.807) is 0 Å². The van der Waals surface area contributed by atoms with E-state index in [0.717, 1.165) is 28.7 Å². The maximum atomic E-state index is 12.7. The van der Waals surface area contributed by atoms with Crippen LogP contribution >= 0.6 is 15.9 Å². The summed E-state index contributed by atoms with van der Waals surface area (Å²) in [4.78, 5) is 14.6. The van der Waals surface area contributed by atoms with Gasteiger partial charge in [0.05, 0.1) is 5.92 Å². The maximum absolute atomic E-state index is 12.7. The second kappa shape index (κ2) is 5.64. The third kappa shape index (κ3) is 2.62. The molecule has 2 aromatic carbocycles. The molecule has 3 rings (SSSR count). The normalized spacial score (nSPS) is 17.2. The molecule has 1 heterocycles. The van der Waals surface area contributed by atoms with Crippen LogP contribution in [0.25, 0.3) is 0 Å². The molecule has 1 aliphatic rings. The summed E-state index contributed by atoms with van der Waals surface area (Å²) < 4.78 is 1.03. The Morgan fingerprint density at radius 3 is 2.52 bits per heavy atom. The molecule has 0 aromatic heterocycles. The minimum atomic E-state index is -0.0693. The highest BCUT2D eigenvalue weighted by atomic mass is 79.9. The molecule has 0 bridgehead atoms. The number of carbonyl (C=O) groups is 1. The van der Waals surface area contributed by atoms with E-state index in [4.69, 9.17) is 0 Å². The standard InChI is InChI=1S/C18H18BrNO/c1-3-20-17-9-8-14(19)11-15(17)16(18(20)21)10-13-6-4-12(2)5-7-13/h4-9,11,16H,3,10H2,1-2H3. The molecule has 1 unspecified atom stereocenters. The molecular formula is C18H18BrNO. The van der Waals surface area contributed by atoms with Crippen molar-refractivity contribution in [3.05, 3.63) is 63.6 Å². The second-order valence-electron chi connectivity index (χ2n) is 5.53. The molecule has 0 saturated carbocycles. The Balaban J connectivity index is 1.97. The summed E-state index contributed by atoms with van der Waals surface area (Å²) in [6, 6.07) is 14.6. The fraction of sp³-hybridized carbons (Fsp3) is 0.278. The fourth-order valence-corrected chi connectivity index (χ4v) is 3.35. The molecule has 0 radical (unpaired) electrons. The smallest absolute Gasteiger partial charge is 0.234 e. The van der Waals surface area contributed by atoms with Gasteiger partial charge in [0, 0.05) is 16.7 Å². The second-order valence-corrected chi connectivity index (χ2v) is 6.44. The van der Waals surface area contributed by atoms with Crippen molar-refractivity contribution >= 4 is 27.5 Å².